The zero-order valence-electron chi connectivity index (χ0n) is 17.9. The third-order valence-electron chi connectivity index (χ3n) is 5.16. The van der Waals surface area contributed by atoms with E-state index in [1.54, 1.807) is 7.11 Å². The van der Waals surface area contributed by atoms with Crippen molar-refractivity contribution in [2.45, 2.75) is 19.1 Å². The van der Waals surface area contributed by atoms with Crippen LogP contribution in [0.3, 0.4) is 0 Å². The van der Waals surface area contributed by atoms with E-state index in [4.69, 9.17) is 9.47 Å². The molecule has 0 fully saturated rings. The van der Waals surface area contributed by atoms with Gasteiger partial charge in [0, 0.05) is 31.7 Å². The van der Waals surface area contributed by atoms with Crippen LogP contribution in [0, 0.1) is 0 Å². The Labute approximate surface area is 174 Å². The summed E-state index contributed by atoms with van der Waals surface area (Å²) in [5.74, 6) is 1.78. The number of ether oxygens (including phenoxy) is 2. The Morgan fingerprint density at radius 3 is 2.66 bits per heavy atom. The topological polar surface area (TPSA) is 45.2 Å². The summed E-state index contributed by atoms with van der Waals surface area (Å²) in [6.07, 6.45) is 4.31. The monoisotopic (exact) mass is 396 g/mol. The summed E-state index contributed by atoms with van der Waals surface area (Å²) in [5.41, 5.74) is 2.30. The lowest BCUT2D eigenvalue weighted by molar-refractivity contribution is 0.0299. The normalized spacial score (nSPS) is 16.9. The summed E-state index contributed by atoms with van der Waals surface area (Å²) >= 11 is 0. The minimum atomic E-state index is -0.899. The van der Waals surface area contributed by atoms with Crippen LogP contribution in [0.5, 0.6) is 11.5 Å². The van der Waals surface area contributed by atoms with Crippen LogP contribution in [0.2, 0.25) is 0 Å². The van der Waals surface area contributed by atoms with Crippen LogP contribution in [0.1, 0.15) is 23.6 Å². The molecule has 1 N–H and O–H groups in total. The molecule has 2 aromatic rings. The van der Waals surface area contributed by atoms with Crippen LogP contribution >= 0.6 is 0 Å². The summed E-state index contributed by atoms with van der Waals surface area (Å²) in [6.45, 7) is 5.60. The van der Waals surface area contributed by atoms with Crippen LogP contribution in [0.15, 0.2) is 48.5 Å². The summed E-state index contributed by atoms with van der Waals surface area (Å²) < 4.78 is 11.1. The molecule has 156 valence electrons. The number of rotatable bonds is 7. The van der Waals surface area contributed by atoms with E-state index < -0.39 is 5.60 Å². The molecule has 1 atom stereocenters. The maximum absolute atomic E-state index is 10.9. The van der Waals surface area contributed by atoms with E-state index in [-0.39, 0.29) is 0 Å². The van der Waals surface area contributed by atoms with Gasteiger partial charge in [0.2, 0.25) is 0 Å². The quantitative estimate of drug-likeness (QED) is 0.777. The second-order valence-corrected chi connectivity index (χ2v) is 8.09. The van der Waals surface area contributed by atoms with Crippen molar-refractivity contribution in [2.24, 2.45) is 0 Å². The molecule has 0 aromatic heterocycles. The van der Waals surface area contributed by atoms with E-state index in [0.717, 1.165) is 47.8 Å². The Kier molecular flexibility index (Phi) is 6.96. The molecule has 0 saturated carbocycles. The molecule has 1 aliphatic heterocycles. The molecule has 5 nitrogen and oxygen atoms in total. The third kappa shape index (κ3) is 5.82. The first kappa shape index (κ1) is 21.4. The SMILES string of the molecule is COc1ccc(C=CCN2CCOc3ccc(C(C)(O)CN(C)C)cc3C2)cc1. The Balaban J connectivity index is 1.68. The molecule has 0 spiro atoms. The number of aliphatic hydroxyl groups is 1. The van der Waals surface area contributed by atoms with Gasteiger partial charge in [-0.1, -0.05) is 30.4 Å². The Morgan fingerprint density at radius 1 is 1.21 bits per heavy atom. The molecule has 29 heavy (non-hydrogen) atoms. The highest BCUT2D eigenvalue weighted by molar-refractivity contribution is 5.50. The minimum absolute atomic E-state index is 0.570. The van der Waals surface area contributed by atoms with Crippen molar-refractivity contribution in [1.29, 1.82) is 0 Å². The zero-order chi connectivity index (χ0) is 20.9. The number of hydrogen-bond acceptors (Lipinski definition) is 5. The smallest absolute Gasteiger partial charge is 0.123 e. The number of nitrogens with zero attached hydrogens (tertiary/aromatic N) is 2. The zero-order valence-corrected chi connectivity index (χ0v) is 17.9. The van der Waals surface area contributed by atoms with Gasteiger partial charge in [-0.25, -0.2) is 0 Å². The molecule has 0 saturated heterocycles. The highest BCUT2D eigenvalue weighted by Gasteiger charge is 2.26. The standard InChI is InChI=1S/C24H32N2O3/c1-24(27,18-25(2)3)21-9-12-23-20(16-21)17-26(14-15-29-23)13-5-6-19-7-10-22(28-4)11-8-19/h5-12,16,27H,13-15,17-18H2,1-4H3. The van der Waals surface area contributed by atoms with Gasteiger partial charge in [-0.15, -0.1) is 0 Å². The average molecular weight is 397 g/mol. The van der Waals surface area contributed by atoms with Crippen LogP contribution in [0.4, 0.5) is 0 Å². The van der Waals surface area contributed by atoms with Crippen LogP contribution < -0.4 is 9.47 Å². The summed E-state index contributed by atoms with van der Waals surface area (Å²) in [7, 11) is 5.62. The number of likely N-dealkylation sites (N-methyl/N-ethyl adjacent to an activating group) is 1. The molecule has 1 heterocycles. The molecular formula is C24H32N2O3. The molecule has 0 bridgehead atoms. The van der Waals surface area contributed by atoms with E-state index >= 15 is 0 Å². The van der Waals surface area contributed by atoms with Crippen molar-refractivity contribution < 1.29 is 14.6 Å². The van der Waals surface area contributed by atoms with Crippen molar-refractivity contribution in [3.63, 3.8) is 0 Å². The lowest BCUT2D eigenvalue weighted by atomic mass is 9.93. The second kappa shape index (κ2) is 9.44. The van der Waals surface area contributed by atoms with Crippen molar-refractivity contribution >= 4 is 6.08 Å². The van der Waals surface area contributed by atoms with E-state index in [0.29, 0.717) is 13.2 Å². The van der Waals surface area contributed by atoms with Gasteiger partial charge in [0.05, 0.1) is 12.7 Å². The lowest BCUT2D eigenvalue weighted by Crippen LogP contribution is -2.34. The molecule has 0 amide bonds. The van der Waals surface area contributed by atoms with Gasteiger partial charge in [0.25, 0.3) is 0 Å². The molecule has 5 heteroatoms. The molecule has 1 aliphatic rings. The average Bonchev–Trinajstić information content (AvgIpc) is 2.89. The minimum Gasteiger partial charge on any atom is -0.497 e. The molecule has 0 aliphatic carbocycles. The van der Waals surface area contributed by atoms with Crippen molar-refractivity contribution in [3.05, 3.63) is 65.2 Å². The number of benzene rings is 2. The number of methoxy groups -OCH3 is 1. The van der Waals surface area contributed by atoms with Gasteiger partial charge < -0.3 is 19.5 Å². The largest absolute Gasteiger partial charge is 0.497 e. The van der Waals surface area contributed by atoms with Gasteiger partial charge in [-0.05, 0) is 56.4 Å². The summed E-state index contributed by atoms with van der Waals surface area (Å²) in [6, 6.07) is 14.1. The van der Waals surface area contributed by atoms with E-state index in [9.17, 15) is 5.11 Å². The molecule has 2 aromatic carbocycles. The molecular weight excluding hydrogens is 364 g/mol. The van der Waals surface area contributed by atoms with Crippen LogP contribution in [-0.4, -0.2) is 62.4 Å². The number of hydrogen-bond donors (Lipinski definition) is 1. The molecule has 3 rings (SSSR count). The van der Waals surface area contributed by atoms with Crippen molar-refractivity contribution in [3.8, 4) is 11.5 Å². The predicted molar refractivity (Wildman–Crippen MR) is 117 cm³/mol. The maximum atomic E-state index is 10.9. The highest BCUT2D eigenvalue weighted by Crippen LogP contribution is 2.29. The van der Waals surface area contributed by atoms with E-state index in [2.05, 4.69) is 35.3 Å². The Bertz CT molecular complexity index is 829. The first-order chi connectivity index (χ1) is 13.9. The van der Waals surface area contributed by atoms with Gasteiger partial charge in [-0.2, -0.15) is 0 Å². The fraction of sp³-hybridized carbons (Fsp3) is 0.417. The van der Waals surface area contributed by atoms with Gasteiger partial charge in [0.1, 0.15) is 18.1 Å². The van der Waals surface area contributed by atoms with Crippen LogP contribution in [-0.2, 0) is 12.1 Å². The second-order valence-electron chi connectivity index (χ2n) is 8.09. The van der Waals surface area contributed by atoms with E-state index in [1.165, 1.54) is 0 Å². The van der Waals surface area contributed by atoms with Crippen molar-refractivity contribution in [1.82, 2.24) is 9.80 Å². The van der Waals surface area contributed by atoms with Crippen LogP contribution in [0.25, 0.3) is 6.08 Å². The first-order valence-electron chi connectivity index (χ1n) is 10.0. The Hall–Kier alpha value is -2.34. The third-order valence-corrected chi connectivity index (χ3v) is 5.16. The fourth-order valence-electron chi connectivity index (χ4n) is 3.70. The van der Waals surface area contributed by atoms with Crippen molar-refractivity contribution in [2.75, 3.05) is 47.4 Å². The Morgan fingerprint density at radius 2 is 1.97 bits per heavy atom. The van der Waals surface area contributed by atoms with Gasteiger partial charge >= 0.3 is 0 Å². The summed E-state index contributed by atoms with van der Waals surface area (Å²) in [5, 5.41) is 10.9. The molecule has 0 radical (unpaired) electrons. The first-order valence-corrected chi connectivity index (χ1v) is 10.0. The molecule has 1 unspecified atom stereocenters. The number of fused-ring (bicyclic) bond motifs is 1. The van der Waals surface area contributed by atoms with Gasteiger partial charge in [-0.3, -0.25) is 4.90 Å². The van der Waals surface area contributed by atoms with E-state index in [1.807, 2.05) is 50.2 Å². The predicted octanol–water partition coefficient (Wildman–Crippen LogP) is 3.37. The maximum Gasteiger partial charge on any atom is 0.123 e. The summed E-state index contributed by atoms with van der Waals surface area (Å²) in [4.78, 5) is 4.36. The lowest BCUT2D eigenvalue weighted by Gasteiger charge is -2.28. The highest BCUT2D eigenvalue weighted by atomic mass is 16.5. The van der Waals surface area contributed by atoms with Gasteiger partial charge in [0.15, 0.2) is 0 Å². The fourth-order valence-corrected chi connectivity index (χ4v) is 3.70.